The maximum absolute atomic E-state index is 10.0. The van der Waals surface area contributed by atoms with E-state index in [1.54, 1.807) is 24.3 Å². The van der Waals surface area contributed by atoms with E-state index in [9.17, 15) is 25.5 Å². The standard InChI is InChI=1S/C15H16O5/c16-10-4-1-9(2-5-10)3-6-12(18)15-13(19)7-11(17)8-14(15)20/h1-2,4-5,7-8,12,16-20H,3,6H2/t12-/m1/s1. The Balaban J connectivity index is 2.09. The van der Waals surface area contributed by atoms with Crippen LogP contribution in [-0.4, -0.2) is 25.5 Å². The third kappa shape index (κ3) is 3.13. The number of phenols is 4. The van der Waals surface area contributed by atoms with E-state index in [0.29, 0.717) is 6.42 Å². The summed E-state index contributed by atoms with van der Waals surface area (Å²) >= 11 is 0. The van der Waals surface area contributed by atoms with Crippen LogP contribution in [0.4, 0.5) is 0 Å². The first kappa shape index (κ1) is 14.0. The number of benzene rings is 2. The number of aryl methyl sites for hydroxylation is 1. The van der Waals surface area contributed by atoms with Gasteiger partial charge in [-0.3, -0.25) is 0 Å². The van der Waals surface area contributed by atoms with Gasteiger partial charge in [0.1, 0.15) is 23.0 Å². The van der Waals surface area contributed by atoms with Crippen LogP contribution in [0.3, 0.4) is 0 Å². The predicted octanol–water partition coefficient (Wildman–Crippen LogP) is 2.18. The summed E-state index contributed by atoms with van der Waals surface area (Å²) in [4.78, 5) is 0. The number of aliphatic hydroxyl groups excluding tert-OH is 1. The van der Waals surface area contributed by atoms with Crippen LogP contribution in [0.5, 0.6) is 23.0 Å². The summed E-state index contributed by atoms with van der Waals surface area (Å²) in [5, 5.41) is 47.7. The van der Waals surface area contributed by atoms with Crippen LogP contribution in [0.15, 0.2) is 36.4 Å². The van der Waals surface area contributed by atoms with Crippen LogP contribution in [-0.2, 0) is 6.42 Å². The van der Waals surface area contributed by atoms with E-state index in [1.165, 1.54) is 0 Å². The van der Waals surface area contributed by atoms with Crippen molar-refractivity contribution >= 4 is 0 Å². The molecule has 2 rings (SSSR count). The average Bonchev–Trinajstić information content (AvgIpc) is 2.37. The fourth-order valence-corrected chi connectivity index (χ4v) is 2.06. The lowest BCUT2D eigenvalue weighted by Gasteiger charge is -2.14. The number of aliphatic hydroxyl groups is 1. The highest BCUT2D eigenvalue weighted by molar-refractivity contribution is 5.49. The Hall–Kier alpha value is -2.40. The molecule has 0 aliphatic carbocycles. The second kappa shape index (κ2) is 5.71. The summed E-state index contributed by atoms with van der Waals surface area (Å²) in [5.74, 6) is -0.793. The average molecular weight is 276 g/mol. The van der Waals surface area contributed by atoms with Crippen molar-refractivity contribution in [1.29, 1.82) is 0 Å². The molecular formula is C15H16O5. The van der Waals surface area contributed by atoms with Crippen LogP contribution in [0.25, 0.3) is 0 Å². The number of hydrogen-bond donors (Lipinski definition) is 5. The first-order chi connectivity index (χ1) is 9.47. The quantitative estimate of drug-likeness (QED) is 0.589. The van der Waals surface area contributed by atoms with Crippen molar-refractivity contribution in [3.8, 4) is 23.0 Å². The zero-order valence-corrected chi connectivity index (χ0v) is 10.7. The van der Waals surface area contributed by atoms with Crippen LogP contribution in [0.1, 0.15) is 23.7 Å². The lowest BCUT2D eigenvalue weighted by molar-refractivity contribution is 0.160. The van der Waals surface area contributed by atoms with Gasteiger partial charge < -0.3 is 25.5 Å². The molecule has 106 valence electrons. The van der Waals surface area contributed by atoms with Gasteiger partial charge in [0.2, 0.25) is 0 Å². The molecule has 0 saturated carbocycles. The molecule has 1 atom stereocenters. The normalized spacial score (nSPS) is 12.2. The van der Waals surface area contributed by atoms with Crippen molar-refractivity contribution in [2.75, 3.05) is 0 Å². The second-order valence-corrected chi connectivity index (χ2v) is 4.62. The van der Waals surface area contributed by atoms with Gasteiger partial charge in [0.25, 0.3) is 0 Å². The van der Waals surface area contributed by atoms with Crippen molar-refractivity contribution in [3.63, 3.8) is 0 Å². The van der Waals surface area contributed by atoms with Gasteiger partial charge in [-0.1, -0.05) is 12.1 Å². The monoisotopic (exact) mass is 276 g/mol. The zero-order chi connectivity index (χ0) is 14.7. The number of hydrogen-bond acceptors (Lipinski definition) is 5. The highest BCUT2D eigenvalue weighted by atomic mass is 16.3. The molecule has 5 heteroatoms. The van der Waals surface area contributed by atoms with Crippen molar-refractivity contribution in [1.82, 2.24) is 0 Å². The number of aromatic hydroxyl groups is 4. The Morgan fingerprint density at radius 3 is 1.90 bits per heavy atom. The van der Waals surface area contributed by atoms with Gasteiger partial charge in [-0.25, -0.2) is 0 Å². The van der Waals surface area contributed by atoms with Gasteiger partial charge >= 0.3 is 0 Å². The molecule has 5 nitrogen and oxygen atoms in total. The molecular weight excluding hydrogens is 260 g/mol. The minimum atomic E-state index is -1.05. The highest BCUT2D eigenvalue weighted by Crippen LogP contribution is 2.38. The molecule has 0 radical (unpaired) electrons. The molecule has 2 aromatic carbocycles. The summed E-state index contributed by atoms with van der Waals surface area (Å²) in [5.41, 5.74) is 0.918. The Labute approximate surface area is 116 Å². The number of rotatable bonds is 4. The Morgan fingerprint density at radius 2 is 1.35 bits per heavy atom. The van der Waals surface area contributed by atoms with Crippen LogP contribution >= 0.6 is 0 Å². The Kier molecular flexibility index (Phi) is 4.00. The van der Waals surface area contributed by atoms with Crippen LogP contribution in [0, 0.1) is 0 Å². The number of phenolic OH excluding ortho intramolecular Hbond substituents is 4. The third-order valence-electron chi connectivity index (χ3n) is 3.10. The Morgan fingerprint density at radius 1 is 0.800 bits per heavy atom. The van der Waals surface area contributed by atoms with Gasteiger partial charge in [-0.05, 0) is 30.5 Å². The van der Waals surface area contributed by atoms with E-state index >= 15 is 0 Å². The van der Waals surface area contributed by atoms with E-state index in [2.05, 4.69) is 0 Å². The summed E-state index contributed by atoms with van der Waals surface area (Å²) < 4.78 is 0. The van der Waals surface area contributed by atoms with Gasteiger partial charge in [-0.2, -0.15) is 0 Å². The topological polar surface area (TPSA) is 101 Å². The molecule has 0 amide bonds. The van der Waals surface area contributed by atoms with Crippen LogP contribution in [0.2, 0.25) is 0 Å². The van der Waals surface area contributed by atoms with E-state index in [-0.39, 0.29) is 35.0 Å². The highest BCUT2D eigenvalue weighted by Gasteiger charge is 2.18. The molecule has 0 spiro atoms. The molecule has 0 saturated heterocycles. The molecule has 20 heavy (non-hydrogen) atoms. The fourth-order valence-electron chi connectivity index (χ4n) is 2.06. The lowest BCUT2D eigenvalue weighted by atomic mass is 9.99. The molecule has 0 heterocycles. The summed E-state index contributed by atoms with van der Waals surface area (Å²) in [6.07, 6.45) is -0.248. The van der Waals surface area contributed by atoms with Gasteiger partial charge in [0.05, 0.1) is 11.7 Å². The molecule has 0 aliphatic heterocycles. The minimum Gasteiger partial charge on any atom is -0.508 e. The zero-order valence-electron chi connectivity index (χ0n) is 10.7. The van der Waals surface area contributed by atoms with Crippen LogP contribution < -0.4 is 0 Å². The molecule has 2 aromatic rings. The van der Waals surface area contributed by atoms with Crippen molar-refractivity contribution < 1.29 is 25.5 Å². The molecule has 0 bridgehead atoms. The Bertz CT molecular complexity index is 569. The van der Waals surface area contributed by atoms with E-state index < -0.39 is 6.10 Å². The first-order valence-corrected chi connectivity index (χ1v) is 6.18. The smallest absolute Gasteiger partial charge is 0.128 e. The fraction of sp³-hybridized carbons (Fsp3) is 0.200. The van der Waals surface area contributed by atoms with E-state index in [1.807, 2.05) is 0 Å². The maximum atomic E-state index is 10.0. The second-order valence-electron chi connectivity index (χ2n) is 4.62. The molecule has 0 unspecified atom stereocenters. The van der Waals surface area contributed by atoms with Gasteiger partial charge in [0.15, 0.2) is 0 Å². The van der Waals surface area contributed by atoms with E-state index in [0.717, 1.165) is 17.7 Å². The van der Waals surface area contributed by atoms with Crippen molar-refractivity contribution in [2.45, 2.75) is 18.9 Å². The largest absolute Gasteiger partial charge is 0.508 e. The van der Waals surface area contributed by atoms with E-state index in [4.69, 9.17) is 0 Å². The lowest BCUT2D eigenvalue weighted by Crippen LogP contribution is -2.00. The molecule has 0 aliphatic rings. The summed E-state index contributed by atoms with van der Waals surface area (Å²) in [7, 11) is 0. The first-order valence-electron chi connectivity index (χ1n) is 6.18. The SMILES string of the molecule is Oc1ccc(CC[C@@H](O)c2c(O)cc(O)cc2O)cc1. The maximum Gasteiger partial charge on any atom is 0.128 e. The molecule has 0 aromatic heterocycles. The summed E-state index contributed by atoms with van der Waals surface area (Å²) in [6, 6.07) is 8.71. The van der Waals surface area contributed by atoms with Crippen molar-refractivity contribution in [2.24, 2.45) is 0 Å². The third-order valence-corrected chi connectivity index (χ3v) is 3.10. The van der Waals surface area contributed by atoms with Gasteiger partial charge in [-0.15, -0.1) is 0 Å². The summed E-state index contributed by atoms with van der Waals surface area (Å²) in [6.45, 7) is 0. The molecule has 5 N–H and O–H groups in total. The van der Waals surface area contributed by atoms with Crippen molar-refractivity contribution in [3.05, 3.63) is 47.5 Å². The minimum absolute atomic E-state index is 0.00146. The predicted molar refractivity (Wildman–Crippen MR) is 72.8 cm³/mol. The molecule has 0 fully saturated rings. The van der Waals surface area contributed by atoms with Gasteiger partial charge in [0, 0.05) is 12.1 Å².